The van der Waals surface area contributed by atoms with Gasteiger partial charge in [0.1, 0.15) is 0 Å². The Morgan fingerprint density at radius 3 is 2.50 bits per heavy atom. The summed E-state index contributed by atoms with van der Waals surface area (Å²) in [6, 6.07) is 7.95. The van der Waals surface area contributed by atoms with Gasteiger partial charge in [-0.3, -0.25) is 4.79 Å². The SMILES string of the molecule is CC(CN)C(=O)N(C)Cc1ccc(Br)cc1. The van der Waals surface area contributed by atoms with E-state index in [1.165, 1.54) is 0 Å². The van der Waals surface area contributed by atoms with Crippen LogP contribution in [-0.2, 0) is 11.3 Å². The van der Waals surface area contributed by atoms with Gasteiger partial charge in [0.05, 0.1) is 0 Å². The molecule has 0 bridgehead atoms. The molecule has 1 aromatic carbocycles. The predicted octanol–water partition coefficient (Wildman–Crippen LogP) is 2.00. The summed E-state index contributed by atoms with van der Waals surface area (Å²) >= 11 is 3.38. The number of nitrogens with two attached hydrogens (primary N) is 1. The number of carbonyl (C=O) groups is 1. The molecular formula is C12H17BrN2O. The first-order valence-corrected chi connectivity index (χ1v) is 6.03. The number of benzene rings is 1. The van der Waals surface area contributed by atoms with Crippen LogP contribution in [0.3, 0.4) is 0 Å². The fourth-order valence-electron chi connectivity index (χ4n) is 1.42. The Morgan fingerprint density at radius 1 is 1.44 bits per heavy atom. The van der Waals surface area contributed by atoms with E-state index < -0.39 is 0 Å². The van der Waals surface area contributed by atoms with Gasteiger partial charge in [-0.25, -0.2) is 0 Å². The van der Waals surface area contributed by atoms with Gasteiger partial charge in [-0.2, -0.15) is 0 Å². The molecule has 0 aliphatic heterocycles. The molecule has 1 rings (SSSR count). The quantitative estimate of drug-likeness (QED) is 0.919. The number of carbonyl (C=O) groups excluding carboxylic acids is 1. The minimum Gasteiger partial charge on any atom is -0.341 e. The molecule has 2 N–H and O–H groups in total. The maximum atomic E-state index is 11.8. The minimum absolute atomic E-state index is 0.0884. The molecule has 0 aliphatic rings. The Kier molecular flexibility index (Phi) is 4.96. The highest BCUT2D eigenvalue weighted by molar-refractivity contribution is 9.10. The molecule has 0 aromatic heterocycles. The number of nitrogens with zero attached hydrogens (tertiary/aromatic N) is 1. The molecule has 1 atom stereocenters. The Labute approximate surface area is 105 Å². The highest BCUT2D eigenvalue weighted by Gasteiger charge is 2.15. The lowest BCUT2D eigenvalue weighted by Crippen LogP contribution is -2.34. The summed E-state index contributed by atoms with van der Waals surface area (Å²) in [6.45, 7) is 2.86. The molecule has 0 radical (unpaired) electrons. The molecule has 0 fully saturated rings. The van der Waals surface area contributed by atoms with Crippen molar-refractivity contribution in [2.45, 2.75) is 13.5 Å². The third-order valence-electron chi connectivity index (χ3n) is 2.48. The molecule has 0 saturated heterocycles. The summed E-state index contributed by atoms with van der Waals surface area (Å²) in [6.07, 6.45) is 0. The zero-order valence-electron chi connectivity index (χ0n) is 9.61. The van der Waals surface area contributed by atoms with Crippen LogP contribution < -0.4 is 5.73 Å². The highest BCUT2D eigenvalue weighted by Crippen LogP contribution is 2.12. The topological polar surface area (TPSA) is 46.3 Å². The van der Waals surface area contributed by atoms with Crippen molar-refractivity contribution in [2.24, 2.45) is 11.7 Å². The second-order valence-electron chi connectivity index (χ2n) is 3.96. The van der Waals surface area contributed by atoms with Crippen molar-refractivity contribution in [3.05, 3.63) is 34.3 Å². The van der Waals surface area contributed by atoms with E-state index in [1.54, 1.807) is 11.9 Å². The van der Waals surface area contributed by atoms with Crippen molar-refractivity contribution in [3.8, 4) is 0 Å². The van der Waals surface area contributed by atoms with Crippen LogP contribution in [0, 0.1) is 5.92 Å². The molecule has 1 aromatic rings. The molecule has 0 aliphatic carbocycles. The molecule has 3 nitrogen and oxygen atoms in total. The van der Waals surface area contributed by atoms with Gasteiger partial charge in [-0.1, -0.05) is 35.0 Å². The van der Waals surface area contributed by atoms with Crippen molar-refractivity contribution < 1.29 is 4.79 Å². The lowest BCUT2D eigenvalue weighted by atomic mass is 10.1. The second kappa shape index (κ2) is 6.01. The van der Waals surface area contributed by atoms with Crippen molar-refractivity contribution >= 4 is 21.8 Å². The smallest absolute Gasteiger partial charge is 0.226 e. The summed E-state index contributed by atoms with van der Waals surface area (Å²) in [5.41, 5.74) is 6.58. The minimum atomic E-state index is -0.111. The van der Waals surface area contributed by atoms with Gasteiger partial charge < -0.3 is 10.6 Å². The molecule has 1 unspecified atom stereocenters. The standard InChI is InChI=1S/C12H17BrN2O/c1-9(7-14)12(16)15(2)8-10-3-5-11(13)6-4-10/h3-6,9H,7-8,14H2,1-2H3. The zero-order valence-corrected chi connectivity index (χ0v) is 11.2. The van der Waals surface area contributed by atoms with Gasteiger partial charge in [0, 0.05) is 30.5 Å². The fourth-order valence-corrected chi connectivity index (χ4v) is 1.68. The largest absolute Gasteiger partial charge is 0.341 e. The van der Waals surface area contributed by atoms with E-state index in [4.69, 9.17) is 5.73 Å². The van der Waals surface area contributed by atoms with Crippen LogP contribution in [0.2, 0.25) is 0 Å². The van der Waals surface area contributed by atoms with Crippen molar-refractivity contribution in [3.63, 3.8) is 0 Å². The summed E-state index contributed by atoms with van der Waals surface area (Å²) in [5, 5.41) is 0. The number of halogens is 1. The number of rotatable bonds is 4. The van der Waals surface area contributed by atoms with E-state index in [-0.39, 0.29) is 11.8 Å². The summed E-state index contributed by atoms with van der Waals surface area (Å²) in [4.78, 5) is 13.5. The van der Waals surface area contributed by atoms with Crippen molar-refractivity contribution in [1.82, 2.24) is 4.90 Å². The second-order valence-corrected chi connectivity index (χ2v) is 4.87. The molecule has 0 spiro atoms. The van der Waals surface area contributed by atoms with Crippen LogP contribution in [0.5, 0.6) is 0 Å². The molecule has 16 heavy (non-hydrogen) atoms. The highest BCUT2D eigenvalue weighted by atomic mass is 79.9. The number of amides is 1. The van der Waals surface area contributed by atoms with Gasteiger partial charge in [0.2, 0.25) is 5.91 Å². The van der Waals surface area contributed by atoms with Gasteiger partial charge >= 0.3 is 0 Å². The van der Waals surface area contributed by atoms with E-state index >= 15 is 0 Å². The molecule has 0 heterocycles. The van der Waals surface area contributed by atoms with Crippen LogP contribution in [-0.4, -0.2) is 24.4 Å². The zero-order chi connectivity index (χ0) is 12.1. The number of hydrogen-bond acceptors (Lipinski definition) is 2. The fraction of sp³-hybridized carbons (Fsp3) is 0.417. The van der Waals surface area contributed by atoms with Gasteiger partial charge in [0.15, 0.2) is 0 Å². The molecule has 0 saturated carbocycles. The summed E-state index contributed by atoms with van der Waals surface area (Å²) in [5.74, 6) is -0.0223. The van der Waals surface area contributed by atoms with E-state index in [0.29, 0.717) is 13.1 Å². The Bertz CT molecular complexity index is 351. The Balaban J connectivity index is 2.60. The van der Waals surface area contributed by atoms with Crippen LogP contribution in [0.15, 0.2) is 28.7 Å². The van der Waals surface area contributed by atoms with Crippen LogP contribution in [0.1, 0.15) is 12.5 Å². The van der Waals surface area contributed by atoms with E-state index in [9.17, 15) is 4.79 Å². The maximum Gasteiger partial charge on any atom is 0.226 e. The lowest BCUT2D eigenvalue weighted by molar-refractivity contribution is -0.133. The van der Waals surface area contributed by atoms with Gasteiger partial charge in [-0.15, -0.1) is 0 Å². The maximum absolute atomic E-state index is 11.8. The van der Waals surface area contributed by atoms with Gasteiger partial charge in [-0.05, 0) is 17.7 Å². The molecule has 1 amide bonds. The average Bonchev–Trinajstić information content (AvgIpc) is 2.30. The van der Waals surface area contributed by atoms with Crippen LogP contribution in [0.25, 0.3) is 0 Å². The van der Waals surface area contributed by atoms with Crippen LogP contribution in [0.4, 0.5) is 0 Å². The Hall–Kier alpha value is -0.870. The third-order valence-corrected chi connectivity index (χ3v) is 3.01. The number of hydrogen-bond donors (Lipinski definition) is 1. The first kappa shape index (κ1) is 13.2. The Morgan fingerprint density at radius 2 is 2.00 bits per heavy atom. The normalized spacial score (nSPS) is 12.2. The predicted molar refractivity (Wildman–Crippen MR) is 68.8 cm³/mol. The van der Waals surface area contributed by atoms with Crippen molar-refractivity contribution in [1.29, 1.82) is 0 Å². The third kappa shape index (κ3) is 3.61. The monoisotopic (exact) mass is 284 g/mol. The summed E-state index contributed by atoms with van der Waals surface area (Å²) < 4.78 is 1.04. The van der Waals surface area contributed by atoms with E-state index in [2.05, 4.69) is 15.9 Å². The lowest BCUT2D eigenvalue weighted by Gasteiger charge is -2.20. The van der Waals surface area contributed by atoms with Crippen molar-refractivity contribution in [2.75, 3.05) is 13.6 Å². The van der Waals surface area contributed by atoms with E-state index in [1.807, 2.05) is 31.2 Å². The molecule has 88 valence electrons. The molecular weight excluding hydrogens is 268 g/mol. The first-order chi connectivity index (χ1) is 7.54. The first-order valence-electron chi connectivity index (χ1n) is 5.24. The average molecular weight is 285 g/mol. The van der Waals surface area contributed by atoms with E-state index in [0.717, 1.165) is 10.0 Å². The van der Waals surface area contributed by atoms with Gasteiger partial charge in [0.25, 0.3) is 0 Å². The van der Waals surface area contributed by atoms with Crippen LogP contribution >= 0.6 is 15.9 Å². The summed E-state index contributed by atoms with van der Waals surface area (Å²) in [7, 11) is 1.80. The molecule has 4 heteroatoms.